The van der Waals surface area contributed by atoms with Crippen LogP contribution in [0.5, 0.6) is 5.75 Å². The molecule has 1 aliphatic heterocycles. The van der Waals surface area contributed by atoms with Crippen molar-refractivity contribution in [1.82, 2.24) is 5.32 Å². The van der Waals surface area contributed by atoms with Crippen LogP contribution in [0, 0.1) is 0 Å². The molecule has 2 aromatic rings. The SMILES string of the molecule is CCOc1ccccc1N1CC[NH+]([C@@H](C)C(=O)NCCc2ccccc2)CC1. The minimum atomic E-state index is -0.0277. The maximum atomic E-state index is 12.6. The number of benzene rings is 2. The van der Waals surface area contributed by atoms with Crippen LogP contribution >= 0.6 is 0 Å². The molecule has 0 bridgehead atoms. The Morgan fingerprint density at radius 3 is 2.50 bits per heavy atom. The zero-order chi connectivity index (χ0) is 19.8. The van der Waals surface area contributed by atoms with E-state index in [1.165, 1.54) is 10.5 Å². The van der Waals surface area contributed by atoms with Gasteiger partial charge in [-0.25, -0.2) is 0 Å². The van der Waals surface area contributed by atoms with Gasteiger partial charge in [-0.2, -0.15) is 0 Å². The average Bonchev–Trinajstić information content (AvgIpc) is 2.75. The van der Waals surface area contributed by atoms with Gasteiger partial charge in [0.15, 0.2) is 6.04 Å². The highest BCUT2D eigenvalue weighted by atomic mass is 16.5. The average molecular weight is 383 g/mol. The summed E-state index contributed by atoms with van der Waals surface area (Å²) in [5.74, 6) is 1.09. The Labute approximate surface area is 168 Å². The molecule has 3 rings (SSSR count). The van der Waals surface area contributed by atoms with E-state index in [2.05, 4.69) is 34.5 Å². The van der Waals surface area contributed by atoms with E-state index in [4.69, 9.17) is 4.74 Å². The molecule has 0 aromatic heterocycles. The smallest absolute Gasteiger partial charge is 0.278 e. The first kappa shape index (κ1) is 20.2. The fraction of sp³-hybridized carbons (Fsp3) is 0.435. The van der Waals surface area contributed by atoms with E-state index in [0.717, 1.165) is 44.0 Å². The summed E-state index contributed by atoms with van der Waals surface area (Å²) in [5, 5.41) is 3.10. The van der Waals surface area contributed by atoms with Crippen molar-refractivity contribution in [3.63, 3.8) is 0 Å². The first-order valence-electron chi connectivity index (χ1n) is 10.3. The monoisotopic (exact) mass is 382 g/mol. The summed E-state index contributed by atoms with van der Waals surface area (Å²) in [6, 6.07) is 18.5. The lowest BCUT2D eigenvalue weighted by atomic mass is 10.1. The summed E-state index contributed by atoms with van der Waals surface area (Å²) in [6.45, 7) is 9.17. The van der Waals surface area contributed by atoms with Crippen molar-refractivity contribution in [2.24, 2.45) is 0 Å². The second kappa shape index (κ2) is 10.1. The number of nitrogens with zero attached hydrogens (tertiary/aromatic N) is 1. The molecule has 0 radical (unpaired) electrons. The number of rotatable bonds is 8. The third-order valence-electron chi connectivity index (χ3n) is 5.47. The van der Waals surface area contributed by atoms with Gasteiger partial charge >= 0.3 is 0 Å². The van der Waals surface area contributed by atoms with Crippen LogP contribution in [0.2, 0.25) is 0 Å². The second-order valence-electron chi connectivity index (χ2n) is 7.29. The Morgan fingerprint density at radius 1 is 1.11 bits per heavy atom. The van der Waals surface area contributed by atoms with Crippen LogP contribution in [0.25, 0.3) is 0 Å². The lowest BCUT2D eigenvalue weighted by molar-refractivity contribution is -0.914. The van der Waals surface area contributed by atoms with E-state index in [0.29, 0.717) is 13.2 Å². The minimum absolute atomic E-state index is 0.0277. The normalized spacial score (nSPS) is 15.9. The van der Waals surface area contributed by atoms with Crippen molar-refractivity contribution in [2.45, 2.75) is 26.3 Å². The summed E-state index contributed by atoms with van der Waals surface area (Å²) in [7, 11) is 0. The number of quaternary nitrogens is 1. The molecule has 5 heteroatoms. The summed E-state index contributed by atoms with van der Waals surface area (Å²) < 4.78 is 5.77. The van der Waals surface area contributed by atoms with E-state index in [1.54, 1.807) is 0 Å². The second-order valence-corrected chi connectivity index (χ2v) is 7.29. The van der Waals surface area contributed by atoms with Gasteiger partial charge < -0.3 is 19.9 Å². The number of hydrogen-bond donors (Lipinski definition) is 2. The van der Waals surface area contributed by atoms with E-state index in [1.807, 2.05) is 44.2 Å². The van der Waals surface area contributed by atoms with Crippen LogP contribution in [-0.2, 0) is 11.2 Å². The summed E-state index contributed by atoms with van der Waals surface area (Å²) >= 11 is 0. The van der Waals surface area contributed by atoms with Crippen LogP contribution in [0.1, 0.15) is 19.4 Å². The quantitative estimate of drug-likeness (QED) is 0.728. The third-order valence-corrected chi connectivity index (χ3v) is 5.47. The molecule has 1 heterocycles. The minimum Gasteiger partial charge on any atom is -0.492 e. The lowest BCUT2D eigenvalue weighted by Gasteiger charge is -2.36. The molecule has 2 aromatic carbocycles. The lowest BCUT2D eigenvalue weighted by Crippen LogP contribution is -3.19. The van der Waals surface area contributed by atoms with Crippen molar-refractivity contribution in [2.75, 3.05) is 44.2 Å². The predicted molar refractivity (Wildman–Crippen MR) is 113 cm³/mol. The molecule has 5 nitrogen and oxygen atoms in total. The highest BCUT2D eigenvalue weighted by Crippen LogP contribution is 2.27. The number of piperazine rings is 1. The van der Waals surface area contributed by atoms with Crippen molar-refractivity contribution < 1.29 is 14.4 Å². The number of hydrogen-bond acceptors (Lipinski definition) is 3. The highest BCUT2D eigenvalue weighted by molar-refractivity contribution is 5.79. The van der Waals surface area contributed by atoms with Crippen molar-refractivity contribution in [1.29, 1.82) is 0 Å². The number of para-hydroxylation sites is 2. The summed E-state index contributed by atoms with van der Waals surface area (Å²) in [4.78, 5) is 16.3. The van der Waals surface area contributed by atoms with Gasteiger partial charge in [-0.15, -0.1) is 0 Å². The topological polar surface area (TPSA) is 46.0 Å². The number of anilines is 1. The Morgan fingerprint density at radius 2 is 1.79 bits per heavy atom. The largest absolute Gasteiger partial charge is 0.492 e. The van der Waals surface area contributed by atoms with E-state index >= 15 is 0 Å². The van der Waals surface area contributed by atoms with Crippen LogP contribution in [0.4, 0.5) is 5.69 Å². The number of nitrogens with one attached hydrogen (secondary N) is 2. The predicted octanol–water partition coefficient (Wildman–Crippen LogP) is 1.54. The van der Waals surface area contributed by atoms with Gasteiger partial charge in [0.1, 0.15) is 5.75 Å². The Kier molecular flexibility index (Phi) is 7.31. The molecule has 0 unspecified atom stereocenters. The molecule has 0 saturated carbocycles. The molecule has 0 aliphatic carbocycles. The molecule has 1 atom stereocenters. The standard InChI is InChI=1S/C23H31N3O2/c1-3-28-22-12-8-7-11-21(22)26-17-15-25(16-18-26)19(2)23(27)24-14-13-20-9-5-4-6-10-20/h4-12,19H,3,13-18H2,1-2H3,(H,24,27)/p+1/t19-/m0/s1. The van der Waals surface area contributed by atoms with Gasteiger partial charge in [0, 0.05) is 6.54 Å². The molecular weight excluding hydrogens is 350 g/mol. The van der Waals surface area contributed by atoms with Crippen LogP contribution in [-0.4, -0.2) is 51.3 Å². The van der Waals surface area contributed by atoms with Gasteiger partial charge in [0.25, 0.3) is 5.91 Å². The fourth-order valence-electron chi connectivity index (χ4n) is 3.78. The van der Waals surface area contributed by atoms with Gasteiger partial charge in [-0.05, 0) is 38.0 Å². The zero-order valence-electron chi connectivity index (χ0n) is 17.0. The van der Waals surface area contributed by atoms with Crippen molar-refractivity contribution >= 4 is 11.6 Å². The maximum absolute atomic E-state index is 12.6. The molecule has 1 fully saturated rings. The van der Waals surface area contributed by atoms with Crippen LogP contribution in [0.3, 0.4) is 0 Å². The Bertz CT molecular complexity index is 743. The zero-order valence-corrected chi connectivity index (χ0v) is 17.0. The van der Waals surface area contributed by atoms with Crippen molar-refractivity contribution in [3.05, 3.63) is 60.2 Å². The van der Waals surface area contributed by atoms with Gasteiger partial charge in [0.05, 0.1) is 38.5 Å². The number of ether oxygens (including phenoxy) is 1. The molecule has 150 valence electrons. The van der Waals surface area contributed by atoms with Gasteiger partial charge in [0.2, 0.25) is 0 Å². The number of amides is 1. The summed E-state index contributed by atoms with van der Waals surface area (Å²) in [6.07, 6.45) is 0.872. The Hall–Kier alpha value is -2.53. The van der Waals surface area contributed by atoms with Gasteiger partial charge in [-0.1, -0.05) is 42.5 Å². The van der Waals surface area contributed by atoms with Crippen molar-refractivity contribution in [3.8, 4) is 5.75 Å². The Balaban J connectivity index is 1.47. The highest BCUT2D eigenvalue weighted by Gasteiger charge is 2.29. The maximum Gasteiger partial charge on any atom is 0.278 e. The first-order chi connectivity index (χ1) is 13.7. The molecule has 0 spiro atoms. The van der Waals surface area contributed by atoms with E-state index < -0.39 is 0 Å². The van der Waals surface area contributed by atoms with Crippen LogP contribution in [0.15, 0.2) is 54.6 Å². The number of carbonyl (C=O) groups is 1. The molecular formula is C23H32N3O2+. The van der Waals surface area contributed by atoms with Crippen LogP contribution < -0.4 is 19.9 Å². The molecule has 1 aliphatic rings. The molecule has 1 saturated heterocycles. The van der Waals surface area contributed by atoms with E-state index in [9.17, 15) is 4.79 Å². The fourth-order valence-corrected chi connectivity index (χ4v) is 3.78. The molecule has 1 amide bonds. The van der Waals surface area contributed by atoms with E-state index in [-0.39, 0.29) is 11.9 Å². The summed E-state index contributed by atoms with van der Waals surface area (Å²) in [5.41, 5.74) is 2.41. The first-order valence-corrected chi connectivity index (χ1v) is 10.3. The third kappa shape index (κ3) is 5.26. The number of carbonyl (C=O) groups excluding carboxylic acids is 1. The molecule has 28 heavy (non-hydrogen) atoms. The van der Waals surface area contributed by atoms with Gasteiger partial charge in [-0.3, -0.25) is 4.79 Å². The molecule has 2 N–H and O–H groups in total.